The monoisotopic (exact) mass is 831 g/mol. The Labute approximate surface area is 348 Å². The van der Waals surface area contributed by atoms with Crippen molar-refractivity contribution >= 4 is 48.6 Å². The first-order valence-electron chi connectivity index (χ1n) is 19.4. The number of nitrogens with zero attached hydrogens (tertiary/aromatic N) is 3. The molecular weight excluding hydrogens is 783 g/mol. The first kappa shape index (κ1) is 42.8. The first-order chi connectivity index (χ1) is 28.2. The lowest BCUT2D eigenvalue weighted by Gasteiger charge is -2.26. The van der Waals surface area contributed by atoms with Gasteiger partial charge in [-0.3, -0.25) is 9.11 Å². The molecule has 0 atom stereocenters. The number of ether oxygens (including phenoxy) is 1. The summed E-state index contributed by atoms with van der Waals surface area (Å²) in [6.45, 7) is 13.0. The standard InChI is InChI=1S/C47H49N3O7S2/c1-6-49(31-35-11-9-13-43(29-35)58(51,52)53)40-21-25-45(33(4)27-40)47(37-15-17-38(18-16-37)48-39-19-23-42(24-20-39)57-8-3)46-26-22-41(28-34(46)5)50(7-2)32-36-12-10-14-44(30-36)59(54,55)56/h9-30H,6-8,31-32H2,1-5H3,(H,51,52,53)(H,54,55,56). The van der Waals surface area contributed by atoms with Crippen LogP contribution in [0.1, 0.15) is 54.2 Å². The Morgan fingerprint density at radius 2 is 1.08 bits per heavy atom. The summed E-state index contributed by atoms with van der Waals surface area (Å²) in [5.74, 6) is 0.797. The van der Waals surface area contributed by atoms with Crippen LogP contribution in [0.15, 0.2) is 154 Å². The molecule has 0 amide bonds. The Balaban J connectivity index is 1.37. The zero-order valence-corrected chi connectivity index (χ0v) is 35.5. The maximum Gasteiger partial charge on any atom is 0.294 e. The van der Waals surface area contributed by atoms with Gasteiger partial charge in [0.05, 0.1) is 27.8 Å². The van der Waals surface area contributed by atoms with E-state index >= 15 is 0 Å². The Morgan fingerprint density at radius 3 is 1.49 bits per heavy atom. The van der Waals surface area contributed by atoms with E-state index in [9.17, 15) is 25.9 Å². The number of anilines is 2. The molecule has 10 nitrogen and oxygen atoms in total. The molecule has 0 fully saturated rings. The summed E-state index contributed by atoms with van der Waals surface area (Å²) in [5.41, 5.74) is 11.3. The van der Waals surface area contributed by atoms with Crippen molar-refractivity contribution in [3.05, 3.63) is 172 Å². The van der Waals surface area contributed by atoms with Crippen LogP contribution in [-0.2, 0) is 33.3 Å². The summed E-state index contributed by atoms with van der Waals surface area (Å²) in [6, 6.07) is 33.1. The molecule has 306 valence electrons. The van der Waals surface area contributed by atoms with E-state index in [1.807, 2.05) is 69.3 Å². The van der Waals surface area contributed by atoms with Crippen molar-refractivity contribution in [2.75, 3.05) is 29.5 Å². The Kier molecular flexibility index (Phi) is 13.4. The van der Waals surface area contributed by atoms with Gasteiger partial charge in [-0.15, -0.1) is 0 Å². The molecule has 1 aliphatic rings. The molecule has 0 aromatic heterocycles. The quantitative estimate of drug-likeness (QED) is 0.0988. The molecule has 12 heteroatoms. The number of rotatable bonds is 15. The maximum absolute atomic E-state index is 11.8. The van der Waals surface area contributed by atoms with Crippen LogP contribution in [0.25, 0.3) is 5.57 Å². The number of hydrogen-bond donors (Lipinski definition) is 2. The highest BCUT2D eigenvalue weighted by molar-refractivity contribution is 7.86. The molecule has 1 aliphatic carbocycles. The predicted octanol–water partition coefficient (Wildman–Crippen LogP) is 9.95. The Bertz CT molecular complexity index is 2530. The molecule has 0 bridgehead atoms. The SMILES string of the molecule is CCOc1ccc(N=C2C=CC(=C(c3ccc(N(CC)Cc4cccc(S(=O)(=O)O)c4)cc3C)c3ccc(N(CC)Cc4cccc(S(=O)(=O)O)c4)cc3C)C=C2)cc1. The zero-order valence-electron chi connectivity index (χ0n) is 33.8. The molecular formula is C47H49N3O7S2. The third kappa shape index (κ3) is 10.6. The van der Waals surface area contributed by atoms with Gasteiger partial charge < -0.3 is 14.5 Å². The van der Waals surface area contributed by atoms with Gasteiger partial charge >= 0.3 is 0 Å². The third-order valence-corrected chi connectivity index (χ3v) is 11.9. The highest BCUT2D eigenvalue weighted by atomic mass is 32.2. The Morgan fingerprint density at radius 1 is 0.610 bits per heavy atom. The van der Waals surface area contributed by atoms with Crippen LogP contribution >= 0.6 is 0 Å². The number of aliphatic imine (C=N–C) groups is 1. The summed E-state index contributed by atoms with van der Waals surface area (Å²) in [7, 11) is -8.65. The van der Waals surface area contributed by atoms with Crippen molar-refractivity contribution in [1.29, 1.82) is 0 Å². The zero-order chi connectivity index (χ0) is 42.3. The van der Waals surface area contributed by atoms with Crippen molar-refractivity contribution in [2.24, 2.45) is 4.99 Å². The average Bonchev–Trinajstić information content (AvgIpc) is 3.21. The summed E-state index contributed by atoms with van der Waals surface area (Å²) >= 11 is 0. The molecule has 0 radical (unpaired) electrons. The number of hydrogen-bond acceptors (Lipinski definition) is 8. The third-order valence-electron chi connectivity index (χ3n) is 10.2. The van der Waals surface area contributed by atoms with Crippen LogP contribution in [0.4, 0.5) is 17.1 Å². The Hall–Kier alpha value is -5.79. The van der Waals surface area contributed by atoms with E-state index in [4.69, 9.17) is 9.73 Å². The van der Waals surface area contributed by atoms with Gasteiger partial charge in [-0.25, -0.2) is 4.99 Å². The first-order valence-corrected chi connectivity index (χ1v) is 22.3. The summed E-state index contributed by atoms with van der Waals surface area (Å²) in [4.78, 5) is 8.88. The van der Waals surface area contributed by atoms with Crippen molar-refractivity contribution in [3.63, 3.8) is 0 Å². The van der Waals surface area contributed by atoms with Crippen LogP contribution < -0.4 is 14.5 Å². The number of benzene rings is 5. The lowest BCUT2D eigenvalue weighted by atomic mass is 9.86. The van der Waals surface area contributed by atoms with Crippen LogP contribution in [0.3, 0.4) is 0 Å². The van der Waals surface area contributed by atoms with Gasteiger partial charge in [-0.2, -0.15) is 16.8 Å². The van der Waals surface area contributed by atoms with E-state index in [0.29, 0.717) is 32.8 Å². The topological polar surface area (TPSA) is 137 Å². The second-order valence-corrected chi connectivity index (χ2v) is 17.1. The second-order valence-electron chi connectivity index (χ2n) is 14.2. The van der Waals surface area contributed by atoms with Crippen LogP contribution in [-0.4, -0.2) is 51.3 Å². The molecule has 5 aromatic rings. The van der Waals surface area contributed by atoms with Crippen LogP contribution in [0.5, 0.6) is 5.75 Å². The van der Waals surface area contributed by atoms with E-state index in [1.54, 1.807) is 12.1 Å². The van der Waals surface area contributed by atoms with Gasteiger partial charge in [0.1, 0.15) is 5.75 Å². The fourth-order valence-electron chi connectivity index (χ4n) is 7.16. The van der Waals surface area contributed by atoms with Crippen molar-refractivity contribution in [3.8, 4) is 5.75 Å². The fraction of sp³-hybridized carbons (Fsp3) is 0.213. The number of aryl methyl sites for hydroxylation is 2. The van der Waals surface area contributed by atoms with E-state index in [2.05, 4.69) is 72.2 Å². The summed E-state index contributed by atoms with van der Waals surface area (Å²) < 4.78 is 72.2. The van der Waals surface area contributed by atoms with E-state index < -0.39 is 20.2 Å². The lowest BCUT2D eigenvalue weighted by Crippen LogP contribution is -2.22. The average molecular weight is 832 g/mol. The van der Waals surface area contributed by atoms with Gasteiger partial charge in [-0.1, -0.05) is 48.6 Å². The van der Waals surface area contributed by atoms with Crippen molar-refractivity contribution in [2.45, 2.75) is 57.5 Å². The fourth-order valence-corrected chi connectivity index (χ4v) is 8.26. The summed E-state index contributed by atoms with van der Waals surface area (Å²) in [5, 5.41) is 0. The maximum atomic E-state index is 11.8. The molecule has 5 aromatic carbocycles. The molecule has 0 spiro atoms. The smallest absolute Gasteiger partial charge is 0.294 e. The highest BCUT2D eigenvalue weighted by Crippen LogP contribution is 2.37. The minimum Gasteiger partial charge on any atom is -0.494 e. The largest absolute Gasteiger partial charge is 0.494 e. The predicted molar refractivity (Wildman–Crippen MR) is 237 cm³/mol. The normalized spacial score (nSPS) is 12.7. The highest BCUT2D eigenvalue weighted by Gasteiger charge is 2.19. The molecule has 0 unspecified atom stereocenters. The van der Waals surface area contributed by atoms with Gasteiger partial charge in [-0.05, 0) is 164 Å². The van der Waals surface area contributed by atoms with Gasteiger partial charge in [0.15, 0.2) is 0 Å². The minimum atomic E-state index is -4.33. The van der Waals surface area contributed by atoms with Crippen LogP contribution in [0, 0.1) is 13.8 Å². The van der Waals surface area contributed by atoms with E-state index in [1.165, 1.54) is 24.3 Å². The molecule has 59 heavy (non-hydrogen) atoms. The second kappa shape index (κ2) is 18.4. The van der Waals surface area contributed by atoms with Crippen LogP contribution in [0.2, 0.25) is 0 Å². The number of allylic oxidation sites excluding steroid dienone is 5. The van der Waals surface area contributed by atoms with E-state index in [-0.39, 0.29) is 9.79 Å². The molecule has 0 aliphatic heterocycles. The van der Waals surface area contributed by atoms with E-state index in [0.717, 1.165) is 73.1 Å². The molecule has 2 N–H and O–H groups in total. The summed E-state index contributed by atoms with van der Waals surface area (Å²) in [6.07, 6.45) is 8.20. The van der Waals surface area contributed by atoms with Gasteiger partial charge in [0.25, 0.3) is 20.2 Å². The van der Waals surface area contributed by atoms with Gasteiger partial charge in [0.2, 0.25) is 0 Å². The lowest BCUT2D eigenvalue weighted by molar-refractivity contribution is 0.340. The van der Waals surface area contributed by atoms with Crippen molar-refractivity contribution in [1.82, 2.24) is 0 Å². The van der Waals surface area contributed by atoms with Crippen molar-refractivity contribution < 1.29 is 30.7 Å². The molecule has 0 saturated heterocycles. The minimum absolute atomic E-state index is 0.134. The molecule has 0 heterocycles. The molecule has 0 saturated carbocycles. The van der Waals surface area contributed by atoms with Gasteiger partial charge in [0, 0.05) is 37.6 Å². The molecule has 6 rings (SSSR count).